The minimum Gasteiger partial charge on any atom is -0.507 e. The number of hydrogen-bond donors (Lipinski definition) is 3. The molecule has 9 heteroatoms. The summed E-state index contributed by atoms with van der Waals surface area (Å²) in [5, 5.41) is 28.3. The van der Waals surface area contributed by atoms with Crippen molar-refractivity contribution >= 4 is 11.6 Å². The summed E-state index contributed by atoms with van der Waals surface area (Å²) < 4.78 is 18.4. The molecule has 0 unspecified atom stereocenters. The van der Waals surface area contributed by atoms with Crippen LogP contribution in [0, 0.1) is 17.1 Å². The molecule has 0 saturated carbocycles. The van der Waals surface area contributed by atoms with Gasteiger partial charge in [0.1, 0.15) is 29.2 Å². The molecule has 0 saturated heterocycles. The minimum atomic E-state index is -0.612. The van der Waals surface area contributed by atoms with Crippen LogP contribution in [0.5, 0.6) is 11.5 Å². The fraction of sp³-hybridized carbons (Fsp3) is 0.0667. The van der Waals surface area contributed by atoms with Crippen molar-refractivity contribution in [3.05, 3.63) is 42.1 Å². The molecule has 0 aliphatic heterocycles. The predicted molar refractivity (Wildman–Crippen MR) is 82.2 cm³/mol. The Morgan fingerprint density at radius 2 is 2.08 bits per heavy atom. The van der Waals surface area contributed by atoms with E-state index < -0.39 is 5.82 Å². The number of halogens is 1. The van der Waals surface area contributed by atoms with Crippen LogP contribution in [0.3, 0.4) is 0 Å². The standard InChI is InChI=1S/C15H11FN6O2/c1-24-12-3-8(16)2-11(23)15(12)10-4-13(22-21-10)20-14-7-18-9(5-17)6-19-14/h2-4,6-7,23H,1H3,(H2,19,20,21,22). The predicted octanol–water partition coefficient (Wildman–Crippen LogP) is 2.34. The van der Waals surface area contributed by atoms with Gasteiger partial charge < -0.3 is 15.2 Å². The summed E-state index contributed by atoms with van der Waals surface area (Å²) in [5.74, 6) is 0.0667. The highest BCUT2D eigenvalue weighted by Crippen LogP contribution is 2.38. The second-order valence-corrected chi connectivity index (χ2v) is 4.69. The van der Waals surface area contributed by atoms with Crippen molar-refractivity contribution in [3.63, 3.8) is 0 Å². The number of aromatic amines is 1. The van der Waals surface area contributed by atoms with Gasteiger partial charge >= 0.3 is 0 Å². The van der Waals surface area contributed by atoms with E-state index in [4.69, 9.17) is 10.00 Å². The molecule has 2 aromatic heterocycles. The Kier molecular flexibility index (Phi) is 3.94. The van der Waals surface area contributed by atoms with E-state index in [-0.39, 0.29) is 22.8 Å². The first-order valence-corrected chi connectivity index (χ1v) is 6.72. The Morgan fingerprint density at radius 1 is 1.25 bits per heavy atom. The summed E-state index contributed by atoms with van der Waals surface area (Å²) in [5.41, 5.74) is 0.906. The van der Waals surface area contributed by atoms with Crippen LogP contribution in [0.4, 0.5) is 16.0 Å². The summed E-state index contributed by atoms with van der Waals surface area (Å²) in [6, 6.07) is 5.61. The summed E-state index contributed by atoms with van der Waals surface area (Å²) in [7, 11) is 1.37. The Hall–Kier alpha value is -3.67. The zero-order chi connectivity index (χ0) is 17.1. The number of H-pyrrole nitrogens is 1. The maximum Gasteiger partial charge on any atom is 0.158 e. The van der Waals surface area contributed by atoms with E-state index in [0.29, 0.717) is 17.3 Å². The highest BCUT2D eigenvalue weighted by molar-refractivity contribution is 5.76. The van der Waals surface area contributed by atoms with Gasteiger partial charge in [0.15, 0.2) is 11.5 Å². The van der Waals surface area contributed by atoms with Gasteiger partial charge in [0.05, 0.1) is 30.8 Å². The van der Waals surface area contributed by atoms with E-state index in [1.165, 1.54) is 19.5 Å². The lowest BCUT2D eigenvalue weighted by Gasteiger charge is -2.08. The van der Waals surface area contributed by atoms with Gasteiger partial charge in [-0.15, -0.1) is 0 Å². The number of anilines is 2. The molecule has 8 nitrogen and oxygen atoms in total. The quantitative estimate of drug-likeness (QED) is 0.673. The maximum absolute atomic E-state index is 13.3. The molecule has 2 heterocycles. The van der Waals surface area contributed by atoms with Crippen LogP contribution in [-0.2, 0) is 0 Å². The lowest BCUT2D eigenvalue weighted by Crippen LogP contribution is -1.95. The molecule has 0 radical (unpaired) electrons. The average molecular weight is 326 g/mol. The summed E-state index contributed by atoms with van der Waals surface area (Å²) >= 11 is 0. The van der Waals surface area contributed by atoms with Gasteiger partial charge in [-0.3, -0.25) is 5.10 Å². The Labute approximate surface area is 135 Å². The number of aromatic nitrogens is 4. The Balaban J connectivity index is 1.89. The number of nitrogens with zero attached hydrogens (tertiary/aromatic N) is 4. The van der Waals surface area contributed by atoms with Crippen LogP contribution in [0.15, 0.2) is 30.6 Å². The van der Waals surface area contributed by atoms with Crippen molar-refractivity contribution in [3.8, 4) is 28.8 Å². The van der Waals surface area contributed by atoms with Gasteiger partial charge in [0.25, 0.3) is 0 Å². The number of benzene rings is 1. The molecule has 0 aliphatic carbocycles. The van der Waals surface area contributed by atoms with E-state index in [0.717, 1.165) is 12.1 Å². The lowest BCUT2D eigenvalue weighted by molar-refractivity contribution is 0.405. The van der Waals surface area contributed by atoms with Crippen LogP contribution >= 0.6 is 0 Å². The van der Waals surface area contributed by atoms with Crippen molar-refractivity contribution in [2.45, 2.75) is 0 Å². The summed E-state index contributed by atoms with van der Waals surface area (Å²) in [6.45, 7) is 0. The Bertz CT molecular complexity index is 917. The van der Waals surface area contributed by atoms with Crippen LogP contribution in [0.2, 0.25) is 0 Å². The van der Waals surface area contributed by atoms with Crippen LogP contribution in [-0.4, -0.2) is 32.4 Å². The normalized spacial score (nSPS) is 10.2. The van der Waals surface area contributed by atoms with Crippen molar-refractivity contribution in [2.24, 2.45) is 0 Å². The molecule has 120 valence electrons. The van der Waals surface area contributed by atoms with E-state index >= 15 is 0 Å². The first-order valence-electron chi connectivity index (χ1n) is 6.72. The molecule has 0 fully saturated rings. The molecule has 0 bridgehead atoms. The van der Waals surface area contributed by atoms with E-state index in [9.17, 15) is 9.50 Å². The van der Waals surface area contributed by atoms with Gasteiger partial charge in [-0.2, -0.15) is 10.4 Å². The molecule has 0 atom stereocenters. The fourth-order valence-corrected chi connectivity index (χ4v) is 2.10. The topological polar surface area (TPSA) is 120 Å². The zero-order valence-corrected chi connectivity index (χ0v) is 12.4. The maximum atomic E-state index is 13.3. The Morgan fingerprint density at radius 3 is 2.75 bits per heavy atom. The first kappa shape index (κ1) is 15.2. The molecule has 3 aromatic rings. The second kappa shape index (κ2) is 6.21. The van der Waals surface area contributed by atoms with Crippen molar-refractivity contribution in [2.75, 3.05) is 12.4 Å². The number of rotatable bonds is 4. The average Bonchev–Trinajstić information content (AvgIpc) is 3.02. The molecule has 3 rings (SSSR count). The number of phenolic OH excluding ortho intramolecular Hbond substituents is 1. The van der Waals surface area contributed by atoms with Gasteiger partial charge in [0.2, 0.25) is 0 Å². The van der Waals surface area contributed by atoms with E-state index in [2.05, 4.69) is 25.5 Å². The lowest BCUT2D eigenvalue weighted by atomic mass is 10.1. The number of hydrogen-bond acceptors (Lipinski definition) is 7. The van der Waals surface area contributed by atoms with E-state index in [1.807, 2.05) is 6.07 Å². The third-order valence-electron chi connectivity index (χ3n) is 3.14. The van der Waals surface area contributed by atoms with Crippen molar-refractivity contribution in [1.82, 2.24) is 20.2 Å². The number of aromatic hydroxyl groups is 1. The molecule has 0 spiro atoms. The van der Waals surface area contributed by atoms with Gasteiger partial charge in [-0.25, -0.2) is 14.4 Å². The molecular weight excluding hydrogens is 315 g/mol. The monoisotopic (exact) mass is 326 g/mol. The van der Waals surface area contributed by atoms with Gasteiger partial charge in [-0.05, 0) is 0 Å². The number of nitriles is 1. The zero-order valence-electron chi connectivity index (χ0n) is 12.4. The molecule has 3 N–H and O–H groups in total. The second-order valence-electron chi connectivity index (χ2n) is 4.69. The smallest absolute Gasteiger partial charge is 0.158 e. The van der Waals surface area contributed by atoms with Crippen LogP contribution in [0.1, 0.15) is 5.69 Å². The third kappa shape index (κ3) is 2.93. The van der Waals surface area contributed by atoms with Gasteiger partial charge in [0, 0.05) is 18.2 Å². The summed E-state index contributed by atoms with van der Waals surface area (Å²) in [4.78, 5) is 7.90. The van der Waals surface area contributed by atoms with Crippen LogP contribution in [0.25, 0.3) is 11.3 Å². The third-order valence-corrected chi connectivity index (χ3v) is 3.14. The summed E-state index contributed by atoms with van der Waals surface area (Å²) in [6.07, 6.45) is 2.72. The number of nitrogens with one attached hydrogen (secondary N) is 2. The number of ether oxygens (including phenoxy) is 1. The molecular formula is C15H11FN6O2. The SMILES string of the molecule is COc1cc(F)cc(O)c1-c1cc(Nc2cnc(C#N)cn2)n[nH]1. The van der Waals surface area contributed by atoms with Crippen molar-refractivity contribution < 1.29 is 14.2 Å². The molecule has 0 amide bonds. The fourth-order valence-electron chi connectivity index (χ4n) is 2.10. The van der Waals surface area contributed by atoms with Gasteiger partial charge in [-0.1, -0.05) is 0 Å². The minimum absolute atomic E-state index is 0.167. The first-order chi connectivity index (χ1) is 11.6. The van der Waals surface area contributed by atoms with E-state index in [1.54, 1.807) is 6.07 Å². The highest BCUT2D eigenvalue weighted by atomic mass is 19.1. The molecule has 0 aliphatic rings. The molecule has 24 heavy (non-hydrogen) atoms. The number of methoxy groups -OCH3 is 1. The number of phenols is 1. The highest BCUT2D eigenvalue weighted by Gasteiger charge is 2.16. The van der Waals surface area contributed by atoms with Crippen LogP contribution < -0.4 is 10.1 Å². The molecule has 1 aromatic carbocycles. The van der Waals surface area contributed by atoms with Crippen molar-refractivity contribution in [1.29, 1.82) is 5.26 Å². The largest absolute Gasteiger partial charge is 0.507 e.